The summed E-state index contributed by atoms with van der Waals surface area (Å²) in [6.45, 7) is 0. The predicted molar refractivity (Wildman–Crippen MR) is 54.9 cm³/mol. The van der Waals surface area contributed by atoms with Crippen molar-refractivity contribution in [3.05, 3.63) is 34.3 Å². The molecule has 0 atom stereocenters. The molecule has 74 valence electrons. The minimum atomic E-state index is -0.135. The van der Waals surface area contributed by atoms with Crippen molar-refractivity contribution in [1.82, 2.24) is 4.90 Å². The Morgan fingerprint density at radius 3 is 2.50 bits per heavy atom. The molecule has 3 nitrogen and oxygen atoms in total. The van der Waals surface area contributed by atoms with Crippen molar-refractivity contribution in [3.8, 4) is 0 Å². The van der Waals surface area contributed by atoms with E-state index in [-0.39, 0.29) is 5.91 Å². The van der Waals surface area contributed by atoms with Crippen LogP contribution in [0.2, 0.25) is 5.02 Å². The third-order valence-corrected chi connectivity index (χ3v) is 2.11. The Labute approximate surface area is 87.3 Å². The first-order valence-electron chi connectivity index (χ1n) is 4.02. The molecule has 0 saturated carbocycles. The summed E-state index contributed by atoms with van der Waals surface area (Å²) >= 11 is 5.78. The maximum Gasteiger partial charge on any atom is 0.253 e. The Balaban J connectivity index is 3.08. The third kappa shape index (κ3) is 2.12. The summed E-state index contributed by atoms with van der Waals surface area (Å²) in [4.78, 5) is 23.4. The average Bonchev–Trinajstić information content (AvgIpc) is 2.16. The normalized spacial score (nSPS) is 9.64. The second kappa shape index (κ2) is 4.24. The number of carbonyl (C=O) groups is 2. The van der Waals surface area contributed by atoms with Crippen LogP contribution in [-0.2, 0) is 0 Å². The van der Waals surface area contributed by atoms with Gasteiger partial charge in [0.1, 0.15) is 0 Å². The van der Waals surface area contributed by atoms with Crippen LogP contribution in [0.3, 0.4) is 0 Å². The quantitative estimate of drug-likeness (QED) is 0.701. The molecule has 0 heterocycles. The summed E-state index contributed by atoms with van der Waals surface area (Å²) in [5.74, 6) is -0.135. The van der Waals surface area contributed by atoms with Gasteiger partial charge in [-0.25, -0.2) is 0 Å². The van der Waals surface area contributed by atoms with Gasteiger partial charge in [0.25, 0.3) is 5.91 Å². The molecule has 1 rings (SSSR count). The number of aldehydes is 1. The van der Waals surface area contributed by atoms with Gasteiger partial charge in [0, 0.05) is 25.2 Å². The molecule has 1 aromatic carbocycles. The van der Waals surface area contributed by atoms with Crippen LogP contribution in [0, 0.1) is 0 Å². The van der Waals surface area contributed by atoms with Crippen molar-refractivity contribution >= 4 is 23.8 Å². The molecule has 0 radical (unpaired) electrons. The number of halogens is 1. The van der Waals surface area contributed by atoms with E-state index >= 15 is 0 Å². The molecule has 14 heavy (non-hydrogen) atoms. The zero-order chi connectivity index (χ0) is 10.7. The summed E-state index contributed by atoms with van der Waals surface area (Å²) < 4.78 is 0. The number of hydrogen-bond acceptors (Lipinski definition) is 2. The highest BCUT2D eigenvalue weighted by Crippen LogP contribution is 2.16. The number of nitrogens with zero attached hydrogens (tertiary/aromatic N) is 1. The lowest BCUT2D eigenvalue weighted by molar-refractivity contribution is 0.0827. The number of rotatable bonds is 2. The molecule has 0 saturated heterocycles. The highest BCUT2D eigenvalue weighted by Gasteiger charge is 2.09. The Hall–Kier alpha value is -1.35. The van der Waals surface area contributed by atoms with E-state index in [4.69, 9.17) is 11.6 Å². The molecule has 0 aliphatic heterocycles. The minimum Gasteiger partial charge on any atom is -0.345 e. The van der Waals surface area contributed by atoms with E-state index < -0.39 is 0 Å². The van der Waals surface area contributed by atoms with Gasteiger partial charge >= 0.3 is 0 Å². The van der Waals surface area contributed by atoms with E-state index in [1.165, 1.54) is 17.0 Å². The van der Waals surface area contributed by atoms with E-state index in [0.717, 1.165) is 0 Å². The van der Waals surface area contributed by atoms with Crippen molar-refractivity contribution in [2.75, 3.05) is 14.1 Å². The smallest absolute Gasteiger partial charge is 0.253 e. The second-order valence-corrected chi connectivity index (χ2v) is 3.46. The largest absolute Gasteiger partial charge is 0.345 e. The Bertz CT molecular complexity index is 374. The van der Waals surface area contributed by atoms with E-state index in [0.29, 0.717) is 22.4 Å². The maximum atomic E-state index is 11.5. The lowest BCUT2D eigenvalue weighted by Gasteiger charge is -2.10. The zero-order valence-electron chi connectivity index (χ0n) is 7.95. The fourth-order valence-corrected chi connectivity index (χ4v) is 1.24. The molecule has 0 aromatic heterocycles. The molecule has 4 heteroatoms. The van der Waals surface area contributed by atoms with E-state index in [1.54, 1.807) is 20.2 Å². The Kier molecular flexibility index (Phi) is 3.25. The number of amides is 1. The summed E-state index contributed by atoms with van der Waals surface area (Å²) in [5, 5.41) is 0.299. The zero-order valence-corrected chi connectivity index (χ0v) is 8.71. The topological polar surface area (TPSA) is 37.4 Å². The van der Waals surface area contributed by atoms with Gasteiger partial charge in [-0.15, -0.1) is 0 Å². The average molecular weight is 212 g/mol. The van der Waals surface area contributed by atoms with E-state index in [2.05, 4.69) is 0 Å². The van der Waals surface area contributed by atoms with Crippen LogP contribution in [0.15, 0.2) is 18.2 Å². The van der Waals surface area contributed by atoms with Crippen molar-refractivity contribution < 1.29 is 9.59 Å². The monoisotopic (exact) mass is 211 g/mol. The highest BCUT2D eigenvalue weighted by atomic mass is 35.5. The molecular formula is C10H10ClNO2. The molecule has 0 fully saturated rings. The third-order valence-electron chi connectivity index (χ3n) is 1.78. The van der Waals surface area contributed by atoms with Crippen LogP contribution in [0.1, 0.15) is 20.7 Å². The number of hydrogen-bond donors (Lipinski definition) is 0. The number of carbonyl (C=O) groups excluding carboxylic acids is 2. The molecule has 0 spiro atoms. The molecule has 0 aliphatic rings. The maximum absolute atomic E-state index is 11.5. The molecular weight excluding hydrogens is 202 g/mol. The van der Waals surface area contributed by atoms with Crippen LogP contribution in [-0.4, -0.2) is 31.2 Å². The first-order valence-corrected chi connectivity index (χ1v) is 4.40. The van der Waals surface area contributed by atoms with Gasteiger partial charge in [0.05, 0.1) is 5.02 Å². The highest BCUT2D eigenvalue weighted by molar-refractivity contribution is 6.33. The Morgan fingerprint density at radius 1 is 1.43 bits per heavy atom. The molecule has 0 bridgehead atoms. The van der Waals surface area contributed by atoms with Crippen LogP contribution >= 0.6 is 11.6 Å². The van der Waals surface area contributed by atoms with Gasteiger partial charge in [-0.1, -0.05) is 11.6 Å². The molecule has 1 aromatic rings. The van der Waals surface area contributed by atoms with Gasteiger partial charge in [0.2, 0.25) is 0 Å². The van der Waals surface area contributed by atoms with E-state index in [1.807, 2.05) is 0 Å². The van der Waals surface area contributed by atoms with Crippen molar-refractivity contribution in [2.45, 2.75) is 0 Å². The second-order valence-electron chi connectivity index (χ2n) is 3.05. The van der Waals surface area contributed by atoms with Gasteiger partial charge in [0.15, 0.2) is 6.29 Å². The molecule has 1 amide bonds. The molecule has 0 N–H and O–H groups in total. The summed E-state index contributed by atoms with van der Waals surface area (Å²) in [6, 6.07) is 4.61. The predicted octanol–water partition coefficient (Wildman–Crippen LogP) is 1.85. The van der Waals surface area contributed by atoms with Crippen molar-refractivity contribution in [2.24, 2.45) is 0 Å². The minimum absolute atomic E-state index is 0.135. The standard InChI is InChI=1S/C10H10ClNO2/c1-12(2)10(14)7-3-4-8(6-13)9(11)5-7/h3-6H,1-2H3. The summed E-state index contributed by atoms with van der Waals surface area (Å²) in [5.41, 5.74) is 0.868. The lowest BCUT2D eigenvalue weighted by atomic mass is 10.1. The van der Waals surface area contributed by atoms with Crippen LogP contribution in [0.5, 0.6) is 0 Å². The SMILES string of the molecule is CN(C)C(=O)c1ccc(C=O)c(Cl)c1. The molecule has 0 aliphatic carbocycles. The van der Waals surface area contributed by atoms with Gasteiger partial charge in [-0.3, -0.25) is 9.59 Å². The van der Waals surface area contributed by atoms with E-state index in [9.17, 15) is 9.59 Å². The molecule has 0 unspecified atom stereocenters. The fourth-order valence-electron chi connectivity index (χ4n) is 1.01. The lowest BCUT2D eigenvalue weighted by Crippen LogP contribution is -2.21. The van der Waals surface area contributed by atoms with Gasteiger partial charge in [-0.2, -0.15) is 0 Å². The van der Waals surface area contributed by atoms with Crippen LogP contribution in [0.25, 0.3) is 0 Å². The first kappa shape index (κ1) is 10.7. The van der Waals surface area contributed by atoms with Gasteiger partial charge < -0.3 is 4.90 Å². The number of benzene rings is 1. The van der Waals surface area contributed by atoms with Crippen molar-refractivity contribution in [1.29, 1.82) is 0 Å². The van der Waals surface area contributed by atoms with Gasteiger partial charge in [-0.05, 0) is 18.2 Å². The Morgan fingerprint density at radius 2 is 2.07 bits per heavy atom. The summed E-state index contributed by atoms with van der Waals surface area (Å²) in [7, 11) is 3.31. The van der Waals surface area contributed by atoms with Crippen LogP contribution < -0.4 is 0 Å². The fraction of sp³-hybridized carbons (Fsp3) is 0.200. The first-order chi connectivity index (χ1) is 6.56. The van der Waals surface area contributed by atoms with Crippen molar-refractivity contribution in [3.63, 3.8) is 0 Å². The van der Waals surface area contributed by atoms with Crippen LogP contribution in [0.4, 0.5) is 0 Å². The summed E-state index contributed by atoms with van der Waals surface area (Å²) in [6.07, 6.45) is 0.659.